The summed E-state index contributed by atoms with van der Waals surface area (Å²) < 4.78 is 14.5. The Morgan fingerprint density at radius 2 is 1.88 bits per heavy atom. The van der Waals surface area contributed by atoms with Crippen molar-refractivity contribution in [2.75, 3.05) is 7.05 Å². The van der Waals surface area contributed by atoms with E-state index in [0.717, 1.165) is 44.6 Å². The number of halogens is 1. The highest BCUT2D eigenvalue weighted by Crippen LogP contribution is 2.24. The number of nitrogens with zero attached hydrogens (tertiary/aromatic N) is 2. The van der Waals surface area contributed by atoms with Crippen LogP contribution in [0.25, 0.3) is 10.9 Å². The first-order chi connectivity index (χ1) is 15.5. The van der Waals surface area contributed by atoms with Gasteiger partial charge in [0.2, 0.25) is 0 Å². The number of nitrogens with one attached hydrogen (secondary N) is 1. The Morgan fingerprint density at radius 3 is 2.55 bits per heavy atom. The molecular formula is C28H32FN3O. The van der Waals surface area contributed by atoms with Gasteiger partial charge in [-0.1, -0.05) is 30.4 Å². The first-order valence-electron chi connectivity index (χ1n) is 11.0. The largest absolute Gasteiger partial charge is 0.361 e. The SMILES string of the molecule is C=C(/C=C(\C)Cc1ccc(N=C(C)C)c(C)c1)C(=O)N(C)Cc1cc2c(C)c[nH]c2cc1F. The van der Waals surface area contributed by atoms with Crippen molar-refractivity contribution < 1.29 is 9.18 Å². The zero-order valence-corrected chi connectivity index (χ0v) is 20.3. The van der Waals surface area contributed by atoms with E-state index in [1.165, 1.54) is 11.0 Å². The number of rotatable bonds is 7. The maximum atomic E-state index is 14.5. The summed E-state index contributed by atoms with van der Waals surface area (Å²) in [6, 6.07) is 9.49. The van der Waals surface area contributed by atoms with E-state index in [0.29, 0.717) is 17.6 Å². The molecule has 4 nitrogen and oxygen atoms in total. The predicted octanol–water partition coefficient (Wildman–Crippen LogP) is 6.74. The molecule has 1 amide bonds. The van der Waals surface area contributed by atoms with E-state index < -0.39 is 0 Å². The predicted molar refractivity (Wildman–Crippen MR) is 136 cm³/mol. The number of aromatic amines is 1. The number of aryl methyl sites for hydroxylation is 2. The standard InChI is InChI=1S/C28H32FN3O/c1-17(2)31-26-9-8-22(12-19(26)4)11-18(3)10-20(5)28(33)32(7)16-23-13-24-21(6)15-30-27(24)14-25(23)29/h8-10,12-15,30H,5,11,16H2,1-4,6-7H3/b18-10+. The molecule has 0 saturated carbocycles. The fourth-order valence-corrected chi connectivity index (χ4v) is 3.95. The lowest BCUT2D eigenvalue weighted by Crippen LogP contribution is -2.27. The molecule has 33 heavy (non-hydrogen) atoms. The molecule has 1 N–H and O–H groups in total. The summed E-state index contributed by atoms with van der Waals surface area (Å²) in [6.07, 6.45) is 4.38. The van der Waals surface area contributed by atoms with Crippen LogP contribution < -0.4 is 0 Å². The Kier molecular flexibility index (Phi) is 7.32. The van der Waals surface area contributed by atoms with Gasteiger partial charge in [-0.2, -0.15) is 0 Å². The number of aromatic nitrogens is 1. The van der Waals surface area contributed by atoms with Crippen LogP contribution in [0.5, 0.6) is 0 Å². The molecule has 0 aliphatic carbocycles. The van der Waals surface area contributed by atoms with Gasteiger partial charge in [0.15, 0.2) is 0 Å². The first-order valence-corrected chi connectivity index (χ1v) is 11.0. The van der Waals surface area contributed by atoms with Crippen molar-refractivity contribution in [2.24, 2.45) is 4.99 Å². The number of allylic oxidation sites excluding steroid dienone is 1. The molecule has 0 unspecified atom stereocenters. The first kappa shape index (κ1) is 24.2. The quantitative estimate of drug-likeness (QED) is 0.244. The van der Waals surface area contributed by atoms with E-state index in [1.807, 2.05) is 53.0 Å². The number of hydrogen-bond acceptors (Lipinski definition) is 2. The second kappa shape index (κ2) is 9.99. The van der Waals surface area contributed by atoms with Gasteiger partial charge in [0.05, 0.1) is 5.69 Å². The summed E-state index contributed by atoms with van der Waals surface area (Å²) >= 11 is 0. The van der Waals surface area contributed by atoms with Gasteiger partial charge in [-0.05, 0) is 75.9 Å². The van der Waals surface area contributed by atoms with E-state index >= 15 is 0 Å². The minimum atomic E-state index is -0.331. The zero-order valence-electron chi connectivity index (χ0n) is 20.3. The third kappa shape index (κ3) is 5.86. The lowest BCUT2D eigenvalue weighted by atomic mass is 10.0. The third-order valence-corrected chi connectivity index (χ3v) is 5.59. The van der Waals surface area contributed by atoms with Gasteiger partial charge in [0.1, 0.15) is 5.82 Å². The Balaban J connectivity index is 1.68. The van der Waals surface area contributed by atoms with Crippen molar-refractivity contribution in [3.63, 3.8) is 0 Å². The number of carbonyl (C=O) groups is 1. The highest BCUT2D eigenvalue weighted by atomic mass is 19.1. The van der Waals surface area contributed by atoms with Crippen molar-refractivity contribution in [1.29, 1.82) is 0 Å². The van der Waals surface area contributed by atoms with Crippen LogP contribution in [0.15, 0.2) is 65.3 Å². The van der Waals surface area contributed by atoms with Gasteiger partial charge in [0, 0.05) is 47.5 Å². The summed E-state index contributed by atoms with van der Waals surface area (Å²) in [4.78, 5) is 22.0. The van der Waals surface area contributed by atoms with Gasteiger partial charge in [-0.15, -0.1) is 0 Å². The van der Waals surface area contributed by atoms with E-state index in [9.17, 15) is 9.18 Å². The van der Waals surface area contributed by atoms with Crippen molar-refractivity contribution >= 4 is 28.2 Å². The van der Waals surface area contributed by atoms with Gasteiger partial charge >= 0.3 is 0 Å². The maximum absolute atomic E-state index is 14.5. The number of carbonyl (C=O) groups excluding carboxylic acids is 1. The van der Waals surface area contributed by atoms with Gasteiger partial charge < -0.3 is 9.88 Å². The smallest absolute Gasteiger partial charge is 0.253 e. The summed E-state index contributed by atoms with van der Waals surface area (Å²) in [5, 5.41) is 0.961. The van der Waals surface area contributed by atoms with Gasteiger partial charge in [0.25, 0.3) is 5.91 Å². The Hall–Kier alpha value is -3.47. The van der Waals surface area contributed by atoms with E-state index in [4.69, 9.17) is 0 Å². The molecule has 0 bridgehead atoms. The number of benzene rings is 2. The van der Waals surface area contributed by atoms with Crippen LogP contribution in [0, 0.1) is 19.7 Å². The van der Waals surface area contributed by atoms with Gasteiger partial charge in [-0.3, -0.25) is 9.79 Å². The number of likely N-dealkylation sites (N-methyl/N-ethyl adjacent to an activating group) is 1. The molecule has 0 spiro atoms. The third-order valence-electron chi connectivity index (χ3n) is 5.59. The average molecular weight is 446 g/mol. The highest BCUT2D eigenvalue weighted by Gasteiger charge is 2.15. The fourth-order valence-electron chi connectivity index (χ4n) is 3.95. The molecule has 1 aromatic heterocycles. The van der Waals surface area contributed by atoms with Crippen molar-refractivity contribution in [2.45, 2.75) is 47.6 Å². The van der Waals surface area contributed by atoms with Crippen molar-refractivity contribution in [3.8, 4) is 0 Å². The molecule has 172 valence electrons. The average Bonchev–Trinajstić information content (AvgIpc) is 3.08. The molecule has 1 heterocycles. The number of fused-ring (bicyclic) bond motifs is 1. The highest BCUT2D eigenvalue weighted by molar-refractivity contribution is 5.95. The van der Waals surface area contributed by atoms with Crippen LogP contribution in [0.1, 0.15) is 43.0 Å². The Morgan fingerprint density at radius 1 is 1.15 bits per heavy atom. The number of H-pyrrole nitrogens is 1. The monoisotopic (exact) mass is 445 g/mol. The van der Waals surface area contributed by atoms with Crippen LogP contribution in [0.4, 0.5) is 10.1 Å². The number of aliphatic imine (C=N–C) groups is 1. The second-order valence-electron chi connectivity index (χ2n) is 8.99. The number of hydrogen-bond donors (Lipinski definition) is 1. The molecule has 3 aromatic rings. The molecule has 0 aliphatic heterocycles. The zero-order chi connectivity index (χ0) is 24.3. The minimum Gasteiger partial charge on any atom is -0.361 e. The normalized spacial score (nSPS) is 11.5. The lowest BCUT2D eigenvalue weighted by Gasteiger charge is -2.18. The summed E-state index contributed by atoms with van der Waals surface area (Å²) in [5.41, 5.74) is 7.95. The molecule has 2 aromatic carbocycles. The fraction of sp³-hybridized carbons (Fsp3) is 0.286. The summed E-state index contributed by atoms with van der Waals surface area (Å²) in [5.74, 6) is -0.554. The number of amides is 1. The molecule has 0 aliphatic rings. The van der Waals surface area contributed by atoms with Crippen LogP contribution in [0.2, 0.25) is 0 Å². The molecule has 0 saturated heterocycles. The molecule has 5 heteroatoms. The van der Waals surface area contributed by atoms with Crippen LogP contribution in [0.3, 0.4) is 0 Å². The molecule has 0 fully saturated rings. The summed E-state index contributed by atoms with van der Waals surface area (Å²) in [7, 11) is 1.67. The van der Waals surface area contributed by atoms with Crippen molar-refractivity contribution in [3.05, 3.63) is 88.4 Å². The van der Waals surface area contributed by atoms with E-state index in [-0.39, 0.29) is 18.3 Å². The Bertz CT molecular complexity index is 1280. The minimum absolute atomic E-state index is 0.176. The topological polar surface area (TPSA) is 48.5 Å². The van der Waals surface area contributed by atoms with E-state index in [2.05, 4.69) is 28.7 Å². The van der Waals surface area contributed by atoms with Crippen LogP contribution >= 0.6 is 0 Å². The second-order valence-corrected chi connectivity index (χ2v) is 8.99. The van der Waals surface area contributed by atoms with Crippen LogP contribution in [-0.2, 0) is 17.8 Å². The molecule has 0 radical (unpaired) electrons. The Labute approximate surface area is 195 Å². The molecule has 0 atom stereocenters. The molecular weight excluding hydrogens is 413 g/mol. The van der Waals surface area contributed by atoms with Crippen molar-refractivity contribution in [1.82, 2.24) is 9.88 Å². The van der Waals surface area contributed by atoms with E-state index in [1.54, 1.807) is 13.1 Å². The van der Waals surface area contributed by atoms with Crippen LogP contribution in [-0.4, -0.2) is 28.6 Å². The van der Waals surface area contributed by atoms with Gasteiger partial charge in [-0.25, -0.2) is 4.39 Å². The summed E-state index contributed by atoms with van der Waals surface area (Å²) in [6.45, 7) is 14.1. The maximum Gasteiger partial charge on any atom is 0.253 e. The lowest BCUT2D eigenvalue weighted by molar-refractivity contribution is -0.126. The molecule has 3 rings (SSSR count).